The maximum atomic E-state index is 13.7. The summed E-state index contributed by atoms with van der Waals surface area (Å²) in [6.45, 7) is 15.2. The molecule has 208 valence electrons. The second kappa shape index (κ2) is 12.5. The molecule has 1 aromatic heterocycles. The van der Waals surface area contributed by atoms with Crippen molar-refractivity contribution >= 4 is 55.0 Å². The second-order valence-electron chi connectivity index (χ2n) is 10.6. The van der Waals surface area contributed by atoms with Crippen LogP contribution in [0.2, 0.25) is 16.6 Å². The number of amides is 1. The lowest BCUT2D eigenvalue weighted by molar-refractivity contribution is 0.0778. The average molecular weight is 599 g/mol. The molecule has 0 radical (unpaired) electrons. The zero-order valence-electron chi connectivity index (χ0n) is 23.1. The number of alkyl halides is 3. The molecule has 0 saturated carbocycles. The molecule has 6 nitrogen and oxygen atoms in total. The number of ether oxygens (including phenoxy) is 1. The number of rotatable bonds is 8. The molecule has 0 spiro atoms. The summed E-state index contributed by atoms with van der Waals surface area (Å²) >= 11 is 17.8. The quantitative estimate of drug-likeness (QED) is 0.224. The summed E-state index contributed by atoms with van der Waals surface area (Å²) in [6, 6.07) is 14.4. The van der Waals surface area contributed by atoms with E-state index in [1.165, 1.54) is 5.01 Å². The first-order chi connectivity index (χ1) is 17.8. The number of benzene rings is 1. The lowest BCUT2D eigenvalue weighted by Crippen LogP contribution is -2.58. The fourth-order valence-corrected chi connectivity index (χ4v) is 11.1. The molecule has 2 heterocycles. The van der Waals surface area contributed by atoms with Crippen molar-refractivity contribution in [1.29, 1.82) is 0 Å². The Morgan fingerprint density at radius 3 is 2.05 bits per heavy atom. The van der Waals surface area contributed by atoms with E-state index < -0.39 is 30.9 Å². The zero-order chi connectivity index (χ0) is 28.3. The Morgan fingerprint density at radius 1 is 0.974 bits per heavy atom. The normalized spacial score (nSPS) is 18.7. The smallest absolute Gasteiger partial charge is 0.429 e. The molecule has 0 bridgehead atoms. The summed E-state index contributed by atoms with van der Waals surface area (Å²) in [4.78, 5) is 18.3. The zero-order valence-corrected chi connectivity index (χ0v) is 26.3. The number of pyridine rings is 1. The average Bonchev–Trinajstić information content (AvgIpc) is 2.86. The van der Waals surface area contributed by atoms with Crippen LogP contribution in [0.1, 0.15) is 60.1 Å². The minimum Gasteiger partial charge on any atom is -0.544 e. The van der Waals surface area contributed by atoms with E-state index in [4.69, 9.17) is 44.0 Å². The second-order valence-corrected chi connectivity index (χ2v) is 18.5. The number of carbonyl (C=O) groups is 1. The van der Waals surface area contributed by atoms with Gasteiger partial charge in [0.2, 0.25) is 3.79 Å². The van der Waals surface area contributed by atoms with E-state index in [0.29, 0.717) is 22.4 Å². The molecule has 1 aromatic carbocycles. The summed E-state index contributed by atoms with van der Waals surface area (Å²) in [7, 11) is -2.31. The predicted octanol–water partition coefficient (Wildman–Crippen LogP) is 8.83. The van der Waals surface area contributed by atoms with E-state index in [9.17, 15) is 4.79 Å². The van der Waals surface area contributed by atoms with Gasteiger partial charge in [-0.1, -0.05) is 113 Å². The number of halogens is 3. The van der Waals surface area contributed by atoms with Crippen molar-refractivity contribution < 1.29 is 14.0 Å². The molecular formula is C28H38Cl3N3O3Si. The van der Waals surface area contributed by atoms with Crippen LogP contribution < -0.4 is 5.01 Å². The van der Waals surface area contributed by atoms with Crippen molar-refractivity contribution in [2.45, 2.75) is 81.0 Å². The van der Waals surface area contributed by atoms with Gasteiger partial charge in [-0.2, -0.15) is 0 Å². The van der Waals surface area contributed by atoms with Crippen molar-refractivity contribution in [2.75, 3.05) is 11.6 Å². The van der Waals surface area contributed by atoms with Crippen molar-refractivity contribution in [1.82, 2.24) is 9.99 Å². The third-order valence-corrected chi connectivity index (χ3v) is 13.5. The molecule has 38 heavy (non-hydrogen) atoms. The van der Waals surface area contributed by atoms with Crippen LogP contribution in [-0.4, -0.2) is 40.8 Å². The summed E-state index contributed by atoms with van der Waals surface area (Å²) < 4.78 is 11.0. The topological polar surface area (TPSA) is 54.9 Å². The van der Waals surface area contributed by atoms with Crippen LogP contribution in [0.25, 0.3) is 0 Å². The highest BCUT2D eigenvalue weighted by atomic mass is 35.6. The molecular weight excluding hydrogens is 561 g/mol. The molecule has 0 unspecified atom stereocenters. The fourth-order valence-electron chi connectivity index (χ4n) is 5.58. The highest BCUT2D eigenvalue weighted by molar-refractivity contribution is 6.77. The Kier molecular flexibility index (Phi) is 10.1. The van der Waals surface area contributed by atoms with Gasteiger partial charge in [0.25, 0.3) is 8.32 Å². The van der Waals surface area contributed by atoms with Gasteiger partial charge in [-0.25, -0.2) is 14.8 Å². The van der Waals surface area contributed by atoms with Gasteiger partial charge in [-0.3, -0.25) is 5.01 Å². The first-order valence-corrected chi connectivity index (χ1v) is 16.3. The number of hydrogen-bond acceptors (Lipinski definition) is 5. The van der Waals surface area contributed by atoms with Gasteiger partial charge >= 0.3 is 6.09 Å². The number of hydrazine groups is 1. The predicted molar refractivity (Wildman–Crippen MR) is 159 cm³/mol. The summed E-state index contributed by atoms with van der Waals surface area (Å²) in [6.07, 6.45) is 3.07. The Morgan fingerprint density at radius 2 is 1.55 bits per heavy atom. The molecule has 3 rings (SSSR count). The van der Waals surface area contributed by atoms with Crippen molar-refractivity contribution in [2.24, 2.45) is 0 Å². The van der Waals surface area contributed by atoms with Gasteiger partial charge in [0, 0.05) is 6.20 Å². The van der Waals surface area contributed by atoms with E-state index in [1.807, 2.05) is 66.5 Å². The Bertz CT molecular complexity index is 1070. The summed E-state index contributed by atoms with van der Waals surface area (Å²) in [5.41, 5.74) is 2.02. The number of hydrogen-bond donors (Lipinski definition) is 0. The Balaban J connectivity index is 2.21. The van der Waals surface area contributed by atoms with Crippen LogP contribution in [-0.2, 0) is 9.16 Å². The first kappa shape index (κ1) is 30.6. The molecule has 2 aromatic rings. The van der Waals surface area contributed by atoms with Crippen molar-refractivity contribution in [3.05, 3.63) is 72.1 Å². The molecule has 0 saturated heterocycles. The van der Waals surface area contributed by atoms with Gasteiger partial charge in [-0.15, -0.1) is 0 Å². The minimum atomic E-state index is -2.31. The van der Waals surface area contributed by atoms with Gasteiger partial charge < -0.3 is 9.16 Å². The maximum absolute atomic E-state index is 13.7. The molecule has 1 aliphatic heterocycles. The number of aromatic nitrogens is 1. The summed E-state index contributed by atoms with van der Waals surface area (Å²) in [5, 5.41) is 3.36. The third kappa shape index (κ3) is 6.61. The van der Waals surface area contributed by atoms with Crippen LogP contribution in [0.4, 0.5) is 10.6 Å². The highest BCUT2D eigenvalue weighted by Crippen LogP contribution is 2.46. The molecule has 0 aliphatic carbocycles. The van der Waals surface area contributed by atoms with Crippen LogP contribution in [0.3, 0.4) is 0 Å². The van der Waals surface area contributed by atoms with Crippen molar-refractivity contribution in [3.8, 4) is 0 Å². The molecule has 0 fully saturated rings. The van der Waals surface area contributed by atoms with Gasteiger partial charge in [0.15, 0.2) is 0 Å². The van der Waals surface area contributed by atoms with Gasteiger partial charge in [0.1, 0.15) is 30.3 Å². The standard InChI is InChI=1S/C28H38Cl3N3O3Si/c1-19(2)38(20(3)4,21(5)6)37-25-17-24(23-13-9-8-10-14-23)34(27(35)36-18-28(29,30)31)33(22(25)7)26-15-11-12-16-32-26/h8-17,19-22,24H,18H2,1-7H3/t22-,24-/m0/s1. The van der Waals surface area contributed by atoms with E-state index in [0.717, 1.165) is 11.3 Å². The van der Waals surface area contributed by atoms with E-state index in [-0.39, 0.29) is 6.04 Å². The Hall–Kier alpha value is -1.93. The molecule has 10 heteroatoms. The van der Waals surface area contributed by atoms with Crippen LogP contribution >= 0.6 is 34.8 Å². The van der Waals surface area contributed by atoms with Gasteiger partial charge in [0.05, 0.1) is 0 Å². The van der Waals surface area contributed by atoms with E-state index >= 15 is 0 Å². The largest absolute Gasteiger partial charge is 0.544 e. The number of nitrogens with zero attached hydrogens (tertiary/aromatic N) is 3. The molecule has 1 amide bonds. The highest BCUT2D eigenvalue weighted by Gasteiger charge is 2.50. The third-order valence-electron chi connectivity index (χ3n) is 7.17. The number of carbonyl (C=O) groups excluding carboxylic acids is 1. The van der Waals surface area contributed by atoms with Crippen LogP contribution in [0.15, 0.2) is 66.6 Å². The lowest BCUT2D eigenvalue weighted by Gasteiger charge is -2.50. The molecule has 0 N–H and O–H groups in total. The van der Waals surface area contributed by atoms with E-state index in [2.05, 4.69) is 46.5 Å². The fraction of sp³-hybridized carbons (Fsp3) is 0.500. The SMILES string of the molecule is CC(C)[Si](OC1=C[C@@H](c2ccccc2)N(C(=O)OCC(Cl)(Cl)Cl)N(c2ccccn2)[C@H]1C)(C(C)C)C(C)C. The molecule has 1 aliphatic rings. The van der Waals surface area contributed by atoms with Crippen LogP contribution in [0.5, 0.6) is 0 Å². The Labute approximate surface area is 243 Å². The van der Waals surface area contributed by atoms with Gasteiger partial charge in [-0.05, 0) is 47.3 Å². The lowest BCUT2D eigenvalue weighted by atomic mass is 10.0. The maximum Gasteiger partial charge on any atom is 0.429 e. The molecule has 2 atom stereocenters. The number of anilines is 1. The van der Waals surface area contributed by atoms with Crippen LogP contribution in [0, 0.1) is 0 Å². The summed E-state index contributed by atoms with van der Waals surface area (Å²) in [5.74, 6) is 1.39. The van der Waals surface area contributed by atoms with Crippen molar-refractivity contribution in [3.63, 3.8) is 0 Å². The minimum absolute atomic E-state index is 0.353. The first-order valence-electron chi connectivity index (χ1n) is 13.0. The van der Waals surface area contributed by atoms with E-state index in [1.54, 1.807) is 6.20 Å². The monoisotopic (exact) mass is 597 g/mol.